The number of sulfone groups is 1. The van der Waals surface area contributed by atoms with Crippen LogP contribution < -0.4 is 5.32 Å². The smallest absolute Gasteiger partial charge is 0.235 e. The molecule has 0 fully saturated rings. The number of nitrogens with one attached hydrogen (secondary N) is 1. The lowest BCUT2D eigenvalue weighted by atomic mass is 10.1. The number of amides is 1. The van der Waals surface area contributed by atoms with Gasteiger partial charge in [-0.1, -0.05) is 36.4 Å². The van der Waals surface area contributed by atoms with E-state index in [0.29, 0.717) is 13.0 Å². The van der Waals surface area contributed by atoms with E-state index in [1.165, 1.54) is 6.08 Å². The molecular formula is C13H17NO3S. The molecule has 98 valence electrons. The van der Waals surface area contributed by atoms with Crippen molar-refractivity contribution in [2.45, 2.75) is 6.42 Å². The Kier molecular flexibility index (Phi) is 5.58. The minimum atomic E-state index is -3.36. The predicted octanol–water partition coefficient (Wildman–Crippen LogP) is 0.946. The number of carbonyl (C=O) groups excluding carboxylic acids is 1. The fourth-order valence-corrected chi connectivity index (χ4v) is 2.46. The van der Waals surface area contributed by atoms with Crippen molar-refractivity contribution in [2.75, 3.05) is 18.1 Å². The second kappa shape index (κ2) is 6.96. The van der Waals surface area contributed by atoms with E-state index >= 15 is 0 Å². The summed E-state index contributed by atoms with van der Waals surface area (Å²) >= 11 is 0. The Hall–Kier alpha value is -1.62. The first-order valence-electron chi connectivity index (χ1n) is 5.65. The third kappa shape index (κ3) is 5.63. The monoisotopic (exact) mass is 267 g/mol. The number of rotatable bonds is 7. The van der Waals surface area contributed by atoms with Crippen LogP contribution in [0.25, 0.3) is 0 Å². The van der Waals surface area contributed by atoms with Gasteiger partial charge in [0.15, 0.2) is 9.84 Å². The molecule has 1 amide bonds. The lowest BCUT2D eigenvalue weighted by Crippen LogP contribution is -2.32. The van der Waals surface area contributed by atoms with Crippen molar-refractivity contribution in [3.8, 4) is 0 Å². The van der Waals surface area contributed by atoms with Crippen LogP contribution in [0.15, 0.2) is 43.0 Å². The van der Waals surface area contributed by atoms with Crippen LogP contribution >= 0.6 is 0 Å². The van der Waals surface area contributed by atoms with Crippen molar-refractivity contribution in [1.29, 1.82) is 0 Å². The average Bonchev–Trinajstić information content (AvgIpc) is 2.29. The molecule has 0 radical (unpaired) electrons. The molecule has 0 heterocycles. The zero-order valence-electron chi connectivity index (χ0n) is 10.1. The van der Waals surface area contributed by atoms with Gasteiger partial charge in [-0.05, 0) is 12.0 Å². The predicted molar refractivity (Wildman–Crippen MR) is 72.0 cm³/mol. The minimum Gasteiger partial charge on any atom is -0.355 e. The van der Waals surface area contributed by atoms with Crippen molar-refractivity contribution in [1.82, 2.24) is 5.32 Å². The highest BCUT2D eigenvalue weighted by atomic mass is 32.2. The molecule has 1 aromatic carbocycles. The van der Waals surface area contributed by atoms with Crippen molar-refractivity contribution in [3.63, 3.8) is 0 Å². The first-order chi connectivity index (χ1) is 8.53. The highest BCUT2D eigenvalue weighted by molar-refractivity contribution is 7.92. The maximum Gasteiger partial charge on any atom is 0.235 e. The van der Waals surface area contributed by atoms with Crippen LogP contribution in [-0.4, -0.2) is 32.4 Å². The molecule has 0 aliphatic rings. The number of carbonyl (C=O) groups is 1. The van der Waals surface area contributed by atoms with Gasteiger partial charge in [-0.3, -0.25) is 4.79 Å². The molecule has 0 spiro atoms. The normalized spacial score (nSPS) is 10.9. The molecule has 0 aliphatic heterocycles. The molecule has 0 bridgehead atoms. The molecule has 0 unspecified atom stereocenters. The van der Waals surface area contributed by atoms with E-state index in [9.17, 15) is 13.2 Å². The van der Waals surface area contributed by atoms with Crippen LogP contribution in [-0.2, 0) is 21.1 Å². The summed E-state index contributed by atoms with van der Waals surface area (Å²) in [5.41, 5.74) is 1.10. The van der Waals surface area contributed by atoms with E-state index in [2.05, 4.69) is 11.9 Å². The molecule has 18 heavy (non-hydrogen) atoms. The van der Waals surface area contributed by atoms with E-state index in [0.717, 1.165) is 5.56 Å². The summed E-state index contributed by atoms with van der Waals surface area (Å²) in [6.45, 7) is 3.78. The number of hydrogen-bond acceptors (Lipinski definition) is 3. The molecule has 0 saturated heterocycles. The molecule has 1 N–H and O–H groups in total. The first-order valence-corrected chi connectivity index (χ1v) is 7.47. The fraction of sp³-hybridized carbons (Fsp3) is 0.308. The Morgan fingerprint density at radius 2 is 1.94 bits per heavy atom. The lowest BCUT2D eigenvalue weighted by molar-refractivity contribution is -0.118. The summed E-state index contributed by atoms with van der Waals surface area (Å²) in [6.07, 6.45) is 1.97. The second-order valence-corrected chi connectivity index (χ2v) is 6.04. The molecular weight excluding hydrogens is 250 g/mol. The first kappa shape index (κ1) is 14.4. The SMILES string of the molecule is C=CCS(=O)(=O)CC(=O)NCCc1ccccc1. The van der Waals surface area contributed by atoms with Gasteiger partial charge in [0, 0.05) is 6.54 Å². The molecule has 0 aromatic heterocycles. The van der Waals surface area contributed by atoms with Crippen LogP contribution in [0.1, 0.15) is 5.56 Å². The van der Waals surface area contributed by atoms with E-state index in [1.54, 1.807) is 0 Å². The van der Waals surface area contributed by atoms with Crippen molar-refractivity contribution in [2.24, 2.45) is 0 Å². The summed E-state index contributed by atoms with van der Waals surface area (Å²) in [5.74, 6) is -1.11. The molecule has 4 nitrogen and oxygen atoms in total. The number of hydrogen-bond donors (Lipinski definition) is 1. The topological polar surface area (TPSA) is 63.2 Å². The number of benzene rings is 1. The van der Waals surface area contributed by atoms with Gasteiger partial charge in [-0.2, -0.15) is 0 Å². The summed E-state index contributed by atoms with van der Waals surface area (Å²) in [6, 6.07) is 9.68. The summed E-state index contributed by atoms with van der Waals surface area (Å²) in [5, 5.41) is 2.59. The van der Waals surface area contributed by atoms with Gasteiger partial charge in [-0.15, -0.1) is 6.58 Å². The Morgan fingerprint density at radius 3 is 2.56 bits per heavy atom. The van der Waals surface area contributed by atoms with Crippen LogP contribution in [0.3, 0.4) is 0 Å². The van der Waals surface area contributed by atoms with Gasteiger partial charge in [0.25, 0.3) is 0 Å². The summed E-state index contributed by atoms with van der Waals surface area (Å²) in [7, 11) is -3.36. The maximum absolute atomic E-state index is 11.4. The van der Waals surface area contributed by atoms with Crippen LogP contribution in [0.2, 0.25) is 0 Å². The quantitative estimate of drug-likeness (QED) is 0.748. The highest BCUT2D eigenvalue weighted by Gasteiger charge is 2.14. The van der Waals surface area contributed by atoms with E-state index < -0.39 is 21.5 Å². The Labute approximate surface area is 108 Å². The largest absolute Gasteiger partial charge is 0.355 e. The molecule has 1 aromatic rings. The van der Waals surface area contributed by atoms with E-state index in [1.807, 2.05) is 30.3 Å². The average molecular weight is 267 g/mol. The summed E-state index contributed by atoms with van der Waals surface area (Å²) in [4.78, 5) is 11.4. The van der Waals surface area contributed by atoms with Crippen LogP contribution in [0.5, 0.6) is 0 Å². The van der Waals surface area contributed by atoms with Crippen molar-refractivity contribution < 1.29 is 13.2 Å². The minimum absolute atomic E-state index is 0.168. The zero-order valence-corrected chi connectivity index (χ0v) is 10.9. The molecule has 0 atom stereocenters. The standard InChI is InChI=1S/C13H17NO3S/c1-2-10-18(16,17)11-13(15)14-9-8-12-6-4-3-5-7-12/h2-7H,1,8-11H2,(H,14,15). The lowest BCUT2D eigenvalue weighted by Gasteiger charge is -2.05. The van der Waals surface area contributed by atoms with Gasteiger partial charge in [0.2, 0.25) is 5.91 Å². The Bertz CT molecular complexity index is 494. The molecule has 0 aliphatic carbocycles. The second-order valence-electron chi connectivity index (χ2n) is 3.93. The van der Waals surface area contributed by atoms with Gasteiger partial charge < -0.3 is 5.32 Å². The Morgan fingerprint density at radius 1 is 1.28 bits per heavy atom. The maximum atomic E-state index is 11.4. The van der Waals surface area contributed by atoms with Crippen LogP contribution in [0.4, 0.5) is 0 Å². The van der Waals surface area contributed by atoms with E-state index in [-0.39, 0.29) is 5.75 Å². The summed E-state index contributed by atoms with van der Waals surface area (Å²) < 4.78 is 22.7. The fourth-order valence-electron chi connectivity index (χ4n) is 1.48. The Balaban J connectivity index is 2.32. The molecule has 0 saturated carbocycles. The zero-order chi connectivity index (χ0) is 13.4. The van der Waals surface area contributed by atoms with Crippen molar-refractivity contribution in [3.05, 3.63) is 48.6 Å². The van der Waals surface area contributed by atoms with E-state index in [4.69, 9.17) is 0 Å². The third-order valence-electron chi connectivity index (χ3n) is 2.30. The van der Waals surface area contributed by atoms with Gasteiger partial charge in [0.05, 0.1) is 5.75 Å². The molecule has 5 heteroatoms. The molecule has 1 rings (SSSR count). The van der Waals surface area contributed by atoms with Crippen molar-refractivity contribution >= 4 is 15.7 Å². The van der Waals surface area contributed by atoms with Crippen LogP contribution in [0, 0.1) is 0 Å². The highest BCUT2D eigenvalue weighted by Crippen LogP contribution is 1.98. The van der Waals surface area contributed by atoms with Gasteiger partial charge >= 0.3 is 0 Å². The van der Waals surface area contributed by atoms with Gasteiger partial charge in [-0.25, -0.2) is 8.42 Å². The van der Waals surface area contributed by atoms with Gasteiger partial charge in [0.1, 0.15) is 5.75 Å². The third-order valence-corrected chi connectivity index (χ3v) is 3.75.